The van der Waals surface area contributed by atoms with E-state index < -0.39 is 0 Å². The van der Waals surface area contributed by atoms with Crippen LogP contribution in [0.3, 0.4) is 0 Å². The molecule has 0 heterocycles. The fraction of sp³-hybridized carbons (Fsp3) is 0.400. The number of hydrogen-bond donors (Lipinski definition) is 1. The van der Waals surface area contributed by atoms with Crippen molar-refractivity contribution in [3.63, 3.8) is 0 Å². The molecule has 0 bridgehead atoms. The van der Waals surface area contributed by atoms with Gasteiger partial charge in [0, 0.05) is 12.1 Å². The minimum Gasteiger partial charge on any atom is -0.326 e. The summed E-state index contributed by atoms with van der Waals surface area (Å²) in [5, 5.41) is 3.03. The van der Waals surface area contributed by atoms with E-state index in [1.165, 1.54) is 0 Å². The molecule has 1 aliphatic rings. The van der Waals surface area contributed by atoms with E-state index in [1.54, 1.807) is 0 Å². The number of allylic oxidation sites excluding steroid dienone is 2. The first kappa shape index (κ1) is 11.9. The summed E-state index contributed by atoms with van der Waals surface area (Å²) in [4.78, 5) is 11.9. The molecule has 2 heteroatoms. The van der Waals surface area contributed by atoms with Crippen LogP contribution in [-0.4, -0.2) is 5.91 Å². The molecule has 1 atom stereocenters. The molecule has 1 amide bonds. The van der Waals surface area contributed by atoms with Crippen molar-refractivity contribution in [2.75, 3.05) is 5.32 Å². The van der Waals surface area contributed by atoms with Gasteiger partial charge in [0.2, 0.25) is 5.91 Å². The van der Waals surface area contributed by atoms with Gasteiger partial charge < -0.3 is 5.32 Å². The summed E-state index contributed by atoms with van der Waals surface area (Å²) in [6.45, 7) is 4.05. The Labute approximate surface area is 103 Å². The molecule has 1 aromatic rings. The number of aryl methyl sites for hydroxylation is 2. The van der Waals surface area contributed by atoms with E-state index in [4.69, 9.17) is 0 Å². The Morgan fingerprint density at radius 1 is 1.35 bits per heavy atom. The van der Waals surface area contributed by atoms with Gasteiger partial charge in [-0.05, 0) is 43.7 Å². The highest BCUT2D eigenvalue weighted by molar-refractivity contribution is 5.92. The van der Waals surface area contributed by atoms with Crippen LogP contribution >= 0.6 is 0 Å². The lowest BCUT2D eigenvalue weighted by Crippen LogP contribution is -2.16. The molecule has 0 saturated carbocycles. The number of amides is 1. The van der Waals surface area contributed by atoms with Crippen molar-refractivity contribution in [2.24, 2.45) is 5.92 Å². The van der Waals surface area contributed by atoms with Gasteiger partial charge in [-0.2, -0.15) is 0 Å². The number of benzene rings is 1. The average molecular weight is 229 g/mol. The van der Waals surface area contributed by atoms with Crippen molar-refractivity contribution in [1.29, 1.82) is 0 Å². The SMILES string of the molecule is Cc1cccc(C)c1NC(=O)CC1C=CCC1. The highest BCUT2D eigenvalue weighted by Gasteiger charge is 2.15. The first-order chi connectivity index (χ1) is 8.16. The molecule has 1 unspecified atom stereocenters. The second kappa shape index (κ2) is 5.17. The Kier molecular flexibility index (Phi) is 3.62. The van der Waals surface area contributed by atoms with Crippen molar-refractivity contribution in [3.05, 3.63) is 41.5 Å². The molecule has 0 saturated heterocycles. The predicted octanol–water partition coefficient (Wildman–Crippen LogP) is 3.60. The van der Waals surface area contributed by atoms with Crippen molar-refractivity contribution in [2.45, 2.75) is 33.1 Å². The molecule has 2 nitrogen and oxygen atoms in total. The summed E-state index contributed by atoms with van der Waals surface area (Å²) < 4.78 is 0. The second-order valence-electron chi connectivity index (χ2n) is 4.78. The van der Waals surface area contributed by atoms with Crippen LogP contribution < -0.4 is 5.32 Å². The predicted molar refractivity (Wildman–Crippen MR) is 71.0 cm³/mol. The molecule has 1 aliphatic carbocycles. The molecule has 17 heavy (non-hydrogen) atoms. The normalized spacial score (nSPS) is 18.4. The first-order valence-corrected chi connectivity index (χ1v) is 6.19. The highest BCUT2D eigenvalue weighted by atomic mass is 16.1. The van der Waals surface area contributed by atoms with E-state index in [1.807, 2.05) is 32.0 Å². The highest BCUT2D eigenvalue weighted by Crippen LogP contribution is 2.23. The largest absolute Gasteiger partial charge is 0.326 e. The zero-order valence-electron chi connectivity index (χ0n) is 10.5. The molecule has 90 valence electrons. The molecule has 0 aliphatic heterocycles. The van der Waals surface area contributed by atoms with Gasteiger partial charge in [-0.3, -0.25) is 4.79 Å². The van der Waals surface area contributed by atoms with E-state index in [-0.39, 0.29) is 5.91 Å². The number of para-hydroxylation sites is 1. The number of anilines is 1. The summed E-state index contributed by atoms with van der Waals surface area (Å²) >= 11 is 0. The minimum atomic E-state index is 0.124. The topological polar surface area (TPSA) is 29.1 Å². The van der Waals surface area contributed by atoms with Gasteiger partial charge in [-0.25, -0.2) is 0 Å². The van der Waals surface area contributed by atoms with Gasteiger partial charge in [-0.1, -0.05) is 30.4 Å². The van der Waals surface area contributed by atoms with Crippen LogP contribution in [0.2, 0.25) is 0 Å². The maximum absolute atomic E-state index is 11.9. The first-order valence-electron chi connectivity index (χ1n) is 6.19. The fourth-order valence-corrected chi connectivity index (χ4v) is 2.31. The molecule has 0 fully saturated rings. The standard InChI is InChI=1S/C15H19NO/c1-11-6-5-7-12(2)15(11)16-14(17)10-13-8-3-4-9-13/h3,5-8,13H,4,9-10H2,1-2H3,(H,16,17). The van der Waals surface area contributed by atoms with Crippen molar-refractivity contribution in [1.82, 2.24) is 0 Å². The summed E-state index contributed by atoms with van der Waals surface area (Å²) in [5.74, 6) is 0.554. The van der Waals surface area contributed by atoms with Crippen LogP contribution in [0.1, 0.15) is 30.4 Å². The molecule has 0 radical (unpaired) electrons. The number of carbonyl (C=O) groups is 1. The third-order valence-electron chi connectivity index (χ3n) is 3.31. The molecule has 0 aromatic heterocycles. The van der Waals surface area contributed by atoms with Crippen LogP contribution in [0.15, 0.2) is 30.4 Å². The Balaban J connectivity index is 2.00. The number of carbonyl (C=O) groups excluding carboxylic acids is 1. The number of rotatable bonds is 3. The molecule has 1 aromatic carbocycles. The van der Waals surface area contributed by atoms with Gasteiger partial charge in [0.25, 0.3) is 0 Å². The number of nitrogens with one attached hydrogen (secondary N) is 1. The van der Waals surface area contributed by atoms with Crippen LogP contribution in [0.25, 0.3) is 0 Å². The van der Waals surface area contributed by atoms with E-state index in [2.05, 4.69) is 17.5 Å². The fourth-order valence-electron chi connectivity index (χ4n) is 2.31. The van der Waals surface area contributed by atoms with E-state index in [0.717, 1.165) is 29.7 Å². The van der Waals surface area contributed by atoms with Crippen LogP contribution in [0.5, 0.6) is 0 Å². The summed E-state index contributed by atoms with van der Waals surface area (Å²) in [5.41, 5.74) is 3.22. The summed E-state index contributed by atoms with van der Waals surface area (Å²) in [7, 11) is 0. The lowest BCUT2D eigenvalue weighted by molar-refractivity contribution is -0.116. The van der Waals surface area contributed by atoms with Gasteiger partial charge in [0.05, 0.1) is 0 Å². The van der Waals surface area contributed by atoms with E-state index in [9.17, 15) is 4.79 Å². The van der Waals surface area contributed by atoms with Crippen LogP contribution in [0, 0.1) is 19.8 Å². The maximum atomic E-state index is 11.9. The van der Waals surface area contributed by atoms with Crippen LogP contribution in [-0.2, 0) is 4.79 Å². The van der Waals surface area contributed by atoms with Gasteiger partial charge in [0.1, 0.15) is 0 Å². The zero-order chi connectivity index (χ0) is 12.3. The van der Waals surface area contributed by atoms with Crippen LogP contribution in [0.4, 0.5) is 5.69 Å². The third-order valence-corrected chi connectivity index (χ3v) is 3.31. The second-order valence-corrected chi connectivity index (χ2v) is 4.78. The number of hydrogen-bond acceptors (Lipinski definition) is 1. The summed E-state index contributed by atoms with van der Waals surface area (Å²) in [6.07, 6.45) is 7.15. The molecule has 1 N–H and O–H groups in total. The smallest absolute Gasteiger partial charge is 0.224 e. The van der Waals surface area contributed by atoms with E-state index in [0.29, 0.717) is 12.3 Å². The quantitative estimate of drug-likeness (QED) is 0.788. The Hall–Kier alpha value is -1.57. The Morgan fingerprint density at radius 2 is 2.06 bits per heavy atom. The minimum absolute atomic E-state index is 0.124. The lowest BCUT2D eigenvalue weighted by Gasteiger charge is -2.13. The van der Waals surface area contributed by atoms with Gasteiger partial charge in [-0.15, -0.1) is 0 Å². The van der Waals surface area contributed by atoms with Crippen molar-refractivity contribution in [3.8, 4) is 0 Å². The molecular weight excluding hydrogens is 210 g/mol. The Bertz CT molecular complexity index is 428. The lowest BCUT2D eigenvalue weighted by atomic mass is 10.0. The van der Waals surface area contributed by atoms with Crippen molar-refractivity contribution >= 4 is 11.6 Å². The monoisotopic (exact) mass is 229 g/mol. The van der Waals surface area contributed by atoms with E-state index >= 15 is 0 Å². The van der Waals surface area contributed by atoms with Gasteiger partial charge >= 0.3 is 0 Å². The molecular formula is C15H19NO. The Morgan fingerprint density at radius 3 is 2.65 bits per heavy atom. The third kappa shape index (κ3) is 2.96. The summed E-state index contributed by atoms with van der Waals surface area (Å²) in [6, 6.07) is 6.07. The maximum Gasteiger partial charge on any atom is 0.224 e. The molecule has 0 spiro atoms. The molecule has 2 rings (SSSR count). The zero-order valence-corrected chi connectivity index (χ0v) is 10.5. The van der Waals surface area contributed by atoms with Gasteiger partial charge in [0.15, 0.2) is 0 Å². The van der Waals surface area contributed by atoms with Crippen molar-refractivity contribution < 1.29 is 4.79 Å². The average Bonchev–Trinajstić information content (AvgIpc) is 2.76.